The predicted molar refractivity (Wildman–Crippen MR) is 77.1 cm³/mol. The molecular weight excluding hydrogens is 309 g/mol. The van der Waals surface area contributed by atoms with Crippen LogP contribution in [0.3, 0.4) is 0 Å². The molecule has 0 heterocycles. The Morgan fingerprint density at radius 3 is 2.21 bits per heavy atom. The average molecular weight is 326 g/mol. The summed E-state index contributed by atoms with van der Waals surface area (Å²) < 4.78 is 26.8. The van der Waals surface area contributed by atoms with E-state index in [-0.39, 0.29) is 27.5 Å². The highest BCUT2D eigenvalue weighted by molar-refractivity contribution is 7.89. The molecule has 0 aliphatic rings. The summed E-state index contributed by atoms with van der Waals surface area (Å²) in [5.74, 6) is 0.0226. The number of nitrogens with one attached hydrogen (secondary N) is 1. The number of rotatable bonds is 6. The van der Waals surface area contributed by atoms with Crippen molar-refractivity contribution in [1.29, 1.82) is 0 Å². The number of aliphatic hydroxyl groups excluding tert-OH is 1. The van der Waals surface area contributed by atoms with Crippen molar-refractivity contribution in [3.63, 3.8) is 0 Å². The minimum absolute atomic E-state index is 0.00764. The van der Waals surface area contributed by atoms with Crippen LogP contribution in [0.2, 0.25) is 10.0 Å². The number of benzene rings is 1. The highest BCUT2D eigenvalue weighted by Gasteiger charge is 2.23. The maximum atomic E-state index is 12.2. The molecule has 1 aromatic carbocycles. The number of hydrogen-bond acceptors (Lipinski definition) is 3. The van der Waals surface area contributed by atoms with E-state index in [4.69, 9.17) is 23.2 Å². The zero-order valence-corrected chi connectivity index (χ0v) is 13.1. The molecule has 2 atom stereocenters. The highest BCUT2D eigenvalue weighted by atomic mass is 35.5. The lowest BCUT2D eigenvalue weighted by Gasteiger charge is -2.22. The summed E-state index contributed by atoms with van der Waals surface area (Å²) in [6.07, 6.45) is 0.754. The number of hydrogen-bond donors (Lipinski definition) is 2. The van der Waals surface area contributed by atoms with Gasteiger partial charge in [-0.2, -0.15) is 0 Å². The first kappa shape index (κ1) is 16.7. The highest BCUT2D eigenvalue weighted by Crippen LogP contribution is 2.23. The van der Waals surface area contributed by atoms with E-state index < -0.39 is 16.1 Å². The Hall–Kier alpha value is -0.330. The molecule has 108 valence electrons. The molecular formula is C12H17Cl2NO3S. The van der Waals surface area contributed by atoms with E-state index in [9.17, 15) is 13.5 Å². The summed E-state index contributed by atoms with van der Waals surface area (Å²) in [6.45, 7) is 3.54. The van der Waals surface area contributed by atoms with Crippen LogP contribution in [0.5, 0.6) is 0 Å². The van der Waals surface area contributed by atoms with Crippen molar-refractivity contribution in [1.82, 2.24) is 4.72 Å². The maximum Gasteiger partial charge on any atom is 0.241 e. The molecule has 0 radical (unpaired) electrons. The summed E-state index contributed by atoms with van der Waals surface area (Å²) in [5.41, 5.74) is 0. The van der Waals surface area contributed by atoms with Crippen molar-refractivity contribution >= 4 is 33.2 Å². The van der Waals surface area contributed by atoms with Gasteiger partial charge in [0, 0.05) is 16.1 Å². The minimum Gasteiger partial charge on any atom is -0.395 e. The minimum atomic E-state index is -3.75. The largest absolute Gasteiger partial charge is 0.395 e. The second-order valence-corrected chi connectivity index (χ2v) is 6.99. The normalized spacial score (nSPS) is 15.2. The lowest BCUT2D eigenvalue weighted by molar-refractivity contribution is 0.219. The van der Waals surface area contributed by atoms with Gasteiger partial charge in [0.15, 0.2) is 0 Å². The van der Waals surface area contributed by atoms with Crippen molar-refractivity contribution in [3.8, 4) is 0 Å². The average Bonchev–Trinajstić information content (AvgIpc) is 2.34. The summed E-state index contributed by atoms with van der Waals surface area (Å²) in [6, 6.07) is 3.56. The quantitative estimate of drug-likeness (QED) is 0.845. The smallest absolute Gasteiger partial charge is 0.241 e. The van der Waals surface area contributed by atoms with Crippen LogP contribution in [0.25, 0.3) is 0 Å². The Kier molecular flexibility index (Phi) is 6.08. The van der Waals surface area contributed by atoms with Crippen molar-refractivity contribution in [2.45, 2.75) is 31.2 Å². The van der Waals surface area contributed by atoms with Gasteiger partial charge in [-0.25, -0.2) is 13.1 Å². The van der Waals surface area contributed by atoms with Gasteiger partial charge in [-0.15, -0.1) is 0 Å². The lowest BCUT2D eigenvalue weighted by atomic mass is 10.0. The van der Waals surface area contributed by atoms with Crippen LogP contribution in [-0.2, 0) is 10.0 Å². The van der Waals surface area contributed by atoms with Crippen LogP contribution in [0.1, 0.15) is 20.3 Å². The van der Waals surface area contributed by atoms with E-state index in [0.29, 0.717) is 0 Å². The lowest BCUT2D eigenvalue weighted by Crippen LogP contribution is -2.41. The second kappa shape index (κ2) is 6.90. The maximum absolute atomic E-state index is 12.2. The van der Waals surface area contributed by atoms with Crippen LogP contribution in [0, 0.1) is 5.92 Å². The molecule has 1 rings (SSSR count). The topological polar surface area (TPSA) is 66.4 Å². The summed E-state index contributed by atoms with van der Waals surface area (Å²) in [5, 5.41) is 9.76. The van der Waals surface area contributed by atoms with Gasteiger partial charge >= 0.3 is 0 Å². The van der Waals surface area contributed by atoms with E-state index in [0.717, 1.165) is 6.42 Å². The fraction of sp³-hybridized carbons (Fsp3) is 0.500. The predicted octanol–water partition coefficient (Wildman–Crippen LogP) is 2.68. The van der Waals surface area contributed by atoms with Gasteiger partial charge in [-0.1, -0.05) is 43.5 Å². The third-order valence-corrected chi connectivity index (χ3v) is 4.89. The Bertz CT molecular complexity index is 514. The van der Waals surface area contributed by atoms with E-state index >= 15 is 0 Å². The molecule has 0 saturated heterocycles. The molecule has 0 aliphatic carbocycles. The SMILES string of the molecule is CC[C@H](C)[C@@H](CO)NS(=O)(=O)c1cc(Cl)cc(Cl)c1. The number of aliphatic hydroxyl groups is 1. The van der Waals surface area contributed by atoms with Crippen molar-refractivity contribution in [2.24, 2.45) is 5.92 Å². The van der Waals surface area contributed by atoms with E-state index in [1.807, 2.05) is 13.8 Å². The first-order chi connectivity index (χ1) is 8.80. The Labute approximate surface area is 123 Å². The third kappa shape index (κ3) is 4.61. The molecule has 0 aliphatic heterocycles. The molecule has 0 fully saturated rings. The van der Waals surface area contributed by atoms with Gasteiger partial charge in [0.1, 0.15) is 0 Å². The molecule has 0 saturated carbocycles. The van der Waals surface area contributed by atoms with Crippen molar-refractivity contribution in [3.05, 3.63) is 28.2 Å². The van der Waals surface area contributed by atoms with Gasteiger partial charge in [-0.05, 0) is 24.1 Å². The molecule has 4 nitrogen and oxygen atoms in total. The Morgan fingerprint density at radius 1 is 1.26 bits per heavy atom. The molecule has 0 bridgehead atoms. The number of halogens is 2. The van der Waals surface area contributed by atoms with E-state index in [1.54, 1.807) is 0 Å². The monoisotopic (exact) mass is 325 g/mol. The summed E-state index contributed by atoms with van der Waals surface area (Å²) >= 11 is 11.6. The first-order valence-corrected chi connectivity index (χ1v) is 8.13. The van der Waals surface area contributed by atoms with E-state index in [2.05, 4.69) is 4.72 Å². The fourth-order valence-electron chi connectivity index (χ4n) is 1.57. The fourth-order valence-corrected chi connectivity index (χ4v) is 3.63. The Balaban J connectivity index is 3.03. The standard InChI is InChI=1S/C12H17Cl2NO3S/c1-3-8(2)12(7-16)15-19(17,18)11-5-9(13)4-10(14)6-11/h4-6,8,12,15-16H,3,7H2,1-2H3/t8-,12+/m0/s1. The zero-order chi connectivity index (χ0) is 14.6. The van der Waals surface area contributed by atoms with Gasteiger partial charge < -0.3 is 5.11 Å². The van der Waals surface area contributed by atoms with Crippen molar-refractivity contribution < 1.29 is 13.5 Å². The van der Waals surface area contributed by atoms with Crippen LogP contribution < -0.4 is 4.72 Å². The number of sulfonamides is 1. The van der Waals surface area contributed by atoms with Gasteiger partial charge in [-0.3, -0.25) is 0 Å². The molecule has 1 aromatic rings. The molecule has 0 unspecified atom stereocenters. The summed E-state index contributed by atoms with van der Waals surface area (Å²) in [4.78, 5) is -0.00764. The van der Waals surface area contributed by atoms with Gasteiger partial charge in [0.25, 0.3) is 0 Å². The second-order valence-electron chi connectivity index (χ2n) is 4.40. The molecule has 7 heteroatoms. The molecule has 0 spiro atoms. The zero-order valence-electron chi connectivity index (χ0n) is 10.7. The van der Waals surface area contributed by atoms with Crippen LogP contribution in [0.4, 0.5) is 0 Å². The molecule has 19 heavy (non-hydrogen) atoms. The molecule has 0 aromatic heterocycles. The van der Waals surface area contributed by atoms with E-state index in [1.165, 1.54) is 18.2 Å². The van der Waals surface area contributed by atoms with Crippen LogP contribution in [0.15, 0.2) is 23.1 Å². The van der Waals surface area contributed by atoms with Crippen LogP contribution in [-0.4, -0.2) is 26.2 Å². The first-order valence-electron chi connectivity index (χ1n) is 5.89. The van der Waals surface area contributed by atoms with Gasteiger partial charge in [0.05, 0.1) is 11.5 Å². The molecule has 0 amide bonds. The van der Waals surface area contributed by atoms with Crippen LogP contribution >= 0.6 is 23.2 Å². The molecule has 2 N–H and O–H groups in total. The summed E-state index contributed by atoms with van der Waals surface area (Å²) in [7, 11) is -3.75. The Morgan fingerprint density at radius 2 is 1.79 bits per heavy atom. The van der Waals surface area contributed by atoms with Crippen molar-refractivity contribution in [2.75, 3.05) is 6.61 Å². The van der Waals surface area contributed by atoms with Gasteiger partial charge in [0.2, 0.25) is 10.0 Å². The third-order valence-electron chi connectivity index (χ3n) is 2.98.